The van der Waals surface area contributed by atoms with Gasteiger partial charge in [-0.25, -0.2) is 0 Å². The van der Waals surface area contributed by atoms with Crippen LogP contribution in [0, 0.1) is 12.3 Å². The van der Waals surface area contributed by atoms with Gasteiger partial charge in [0.05, 0.1) is 0 Å². The van der Waals surface area contributed by atoms with E-state index in [0.29, 0.717) is 0 Å². The molecule has 0 aromatic heterocycles. The SMILES string of the molecule is CCc1cc(C)c2c(c1)=[C-]C1=C(C3=CC=CC3)C(C)(CC)C=CC=21.[Cl-].[Cl-].[Zr+2]=[C](c1ccccc1)c1ccccc1. The van der Waals surface area contributed by atoms with E-state index in [4.69, 9.17) is 0 Å². The Bertz CT molecular complexity index is 1580. The summed E-state index contributed by atoms with van der Waals surface area (Å²) in [5, 5.41) is 2.67. The Morgan fingerprint density at radius 2 is 1.55 bits per heavy atom. The maximum absolute atomic E-state index is 3.79. The van der Waals surface area contributed by atoms with Crippen molar-refractivity contribution >= 4 is 14.9 Å². The topological polar surface area (TPSA) is 0 Å². The van der Waals surface area contributed by atoms with Gasteiger partial charge in [0.15, 0.2) is 0 Å². The van der Waals surface area contributed by atoms with E-state index in [9.17, 15) is 0 Å². The second kappa shape index (κ2) is 14.0. The standard InChI is InChI=1S/C24H25.C13H10.2ClH.Zr/c1-5-17-13-16(3)22-19(14-17)15-21-20(22)11-12-24(4,6-2)23(21)18-9-7-8-10-18;1-3-7-12(8-4-1)11-13-9-5-2-6-10-13;;;/h7-9,11-14H,5-6,10H2,1-4H3;1-10H;2*1H;/q-1;;;;+2/p-2. The summed E-state index contributed by atoms with van der Waals surface area (Å²) in [6, 6.07) is 25.8. The third kappa shape index (κ3) is 6.44. The molecule has 0 amide bonds. The van der Waals surface area contributed by atoms with E-state index in [1.54, 1.807) is 0 Å². The summed E-state index contributed by atoms with van der Waals surface area (Å²) in [5.41, 5.74) is 11.2. The van der Waals surface area contributed by atoms with E-state index < -0.39 is 0 Å². The fourth-order valence-corrected chi connectivity index (χ4v) is 6.50. The monoisotopic (exact) mass is 639 g/mol. The summed E-state index contributed by atoms with van der Waals surface area (Å²) in [5.74, 6) is 0. The van der Waals surface area contributed by atoms with Crippen LogP contribution in [0.1, 0.15) is 55.9 Å². The maximum atomic E-state index is 3.79. The Hall–Kier alpha value is -2.31. The molecule has 1 atom stereocenters. The fraction of sp³-hybridized carbons (Fsp3) is 0.216. The van der Waals surface area contributed by atoms with Gasteiger partial charge < -0.3 is 24.8 Å². The number of allylic oxidation sites excluding steroid dienone is 8. The summed E-state index contributed by atoms with van der Waals surface area (Å²) in [6.07, 6.45) is 18.6. The van der Waals surface area contributed by atoms with Crippen molar-refractivity contribution in [3.05, 3.63) is 153 Å². The summed E-state index contributed by atoms with van der Waals surface area (Å²) in [7, 11) is 0. The first-order valence-corrected chi connectivity index (χ1v) is 15.0. The Labute approximate surface area is 267 Å². The van der Waals surface area contributed by atoms with Crippen molar-refractivity contribution in [1.82, 2.24) is 0 Å². The quantitative estimate of drug-likeness (QED) is 0.370. The van der Waals surface area contributed by atoms with Crippen LogP contribution in [0.5, 0.6) is 0 Å². The molecule has 0 spiro atoms. The van der Waals surface area contributed by atoms with Crippen LogP contribution in [0.2, 0.25) is 0 Å². The second-order valence-electron chi connectivity index (χ2n) is 10.5. The van der Waals surface area contributed by atoms with Crippen molar-refractivity contribution in [2.24, 2.45) is 5.41 Å². The number of hydrogen-bond donors (Lipinski definition) is 0. The van der Waals surface area contributed by atoms with Crippen LogP contribution in [-0.4, -0.2) is 3.21 Å². The summed E-state index contributed by atoms with van der Waals surface area (Å²) in [4.78, 5) is 0. The molecule has 3 heteroatoms. The molecule has 40 heavy (non-hydrogen) atoms. The number of hydrogen-bond acceptors (Lipinski definition) is 0. The van der Waals surface area contributed by atoms with Gasteiger partial charge in [-0.3, -0.25) is 0 Å². The van der Waals surface area contributed by atoms with Crippen LogP contribution < -0.4 is 35.3 Å². The number of fused-ring (bicyclic) bond motifs is 2. The van der Waals surface area contributed by atoms with Gasteiger partial charge in [-0.05, 0) is 31.6 Å². The van der Waals surface area contributed by atoms with Gasteiger partial charge in [-0.1, -0.05) is 79.5 Å². The Morgan fingerprint density at radius 3 is 2.08 bits per heavy atom. The fourth-order valence-electron chi connectivity index (χ4n) is 5.68. The molecule has 3 aliphatic rings. The van der Waals surface area contributed by atoms with Gasteiger partial charge in [0.2, 0.25) is 0 Å². The van der Waals surface area contributed by atoms with Crippen molar-refractivity contribution in [2.45, 2.75) is 47.0 Å². The van der Waals surface area contributed by atoms with E-state index in [-0.39, 0.29) is 30.2 Å². The van der Waals surface area contributed by atoms with Crippen molar-refractivity contribution in [3.8, 4) is 0 Å². The summed E-state index contributed by atoms with van der Waals surface area (Å²) < 4.78 is 1.42. The molecule has 0 bridgehead atoms. The zero-order valence-corrected chi connectivity index (χ0v) is 27.7. The van der Waals surface area contributed by atoms with E-state index in [1.807, 2.05) is 0 Å². The molecule has 0 aliphatic heterocycles. The molecule has 0 nitrogen and oxygen atoms in total. The molecule has 0 N–H and O–H groups in total. The van der Waals surface area contributed by atoms with Crippen molar-refractivity contribution < 1.29 is 49.0 Å². The van der Waals surface area contributed by atoms with Crippen LogP contribution in [0.15, 0.2) is 120 Å². The first-order valence-electron chi connectivity index (χ1n) is 13.7. The predicted octanol–water partition coefficient (Wildman–Crippen LogP) is 1.36. The number of halogens is 2. The first-order chi connectivity index (χ1) is 18.4. The molecule has 0 saturated heterocycles. The predicted molar refractivity (Wildman–Crippen MR) is 159 cm³/mol. The Kier molecular flexibility index (Phi) is 11.3. The average Bonchev–Trinajstić information content (AvgIpc) is 3.62. The third-order valence-electron chi connectivity index (χ3n) is 7.99. The second-order valence-corrected chi connectivity index (χ2v) is 11.7. The molecular weight excluding hydrogens is 607 g/mol. The molecule has 0 radical (unpaired) electrons. The van der Waals surface area contributed by atoms with Crippen LogP contribution >= 0.6 is 0 Å². The van der Waals surface area contributed by atoms with Gasteiger partial charge in [-0.2, -0.15) is 0 Å². The molecule has 1 unspecified atom stereocenters. The van der Waals surface area contributed by atoms with E-state index in [2.05, 4.69) is 137 Å². The molecule has 3 aromatic rings. The number of benzene rings is 3. The van der Waals surface area contributed by atoms with Crippen LogP contribution in [-0.2, 0) is 30.7 Å². The van der Waals surface area contributed by atoms with Gasteiger partial charge >= 0.3 is 99.2 Å². The van der Waals surface area contributed by atoms with E-state index in [0.717, 1.165) is 19.3 Å². The Balaban J connectivity index is 0.000000238. The van der Waals surface area contributed by atoms with Crippen molar-refractivity contribution in [1.29, 1.82) is 0 Å². The average molecular weight is 642 g/mol. The summed E-state index contributed by atoms with van der Waals surface area (Å²) >= 11 is 1.46. The van der Waals surface area contributed by atoms with Gasteiger partial charge in [0, 0.05) is 0 Å². The zero-order valence-electron chi connectivity index (χ0n) is 23.7. The number of aryl methyl sites for hydroxylation is 2. The van der Waals surface area contributed by atoms with Gasteiger partial charge in [-0.15, -0.1) is 33.7 Å². The molecule has 0 saturated carbocycles. The van der Waals surface area contributed by atoms with E-state index in [1.165, 1.54) is 82.4 Å². The van der Waals surface area contributed by atoms with Crippen LogP contribution in [0.3, 0.4) is 0 Å². The minimum absolute atomic E-state index is 0. The zero-order chi connectivity index (χ0) is 26.7. The van der Waals surface area contributed by atoms with Crippen LogP contribution in [0.25, 0.3) is 11.6 Å². The normalized spacial score (nSPS) is 17.9. The minimum atomic E-state index is 0. The molecule has 3 aliphatic carbocycles. The molecule has 6 rings (SSSR count). The summed E-state index contributed by atoms with van der Waals surface area (Å²) in [6.45, 7) is 9.13. The van der Waals surface area contributed by atoms with Crippen LogP contribution in [0.4, 0.5) is 0 Å². The van der Waals surface area contributed by atoms with Crippen molar-refractivity contribution in [3.63, 3.8) is 0 Å². The molecule has 0 fully saturated rings. The molecule has 3 aromatic carbocycles. The van der Waals surface area contributed by atoms with Gasteiger partial charge in [0.25, 0.3) is 0 Å². The van der Waals surface area contributed by atoms with E-state index >= 15 is 0 Å². The van der Waals surface area contributed by atoms with Gasteiger partial charge in [0.1, 0.15) is 0 Å². The third-order valence-corrected chi connectivity index (χ3v) is 9.41. The van der Waals surface area contributed by atoms with Crippen molar-refractivity contribution in [2.75, 3.05) is 0 Å². The number of rotatable bonds is 5. The molecular formula is C37H35Cl2Zr-. The molecule has 202 valence electrons. The Morgan fingerprint density at radius 1 is 0.925 bits per heavy atom. The first kappa shape index (κ1) is 32.2. The molecule has 0 heterocycles.